The molecule has 0 saturated carbocycles. The van der Waals surface area contributed by atoms with Crippen LogP contribution >= 0.6 is 0 Å². The summed E-state index contributed by atoms with van der Waals surface area (Å²) in [6, 6.07) is 10.1. The fourth-order valence-corrected chi connectivity index (χ4v) is 4.22. The topological polar surface area (TPSA) is 32.7 Å². The van der Waals surface area contributed by atoms with E-state index < -0.39 is 0 Å². The third-order valence-corrected chi connectivity index (χ3v) is 5.18. The van der Waals surface area contributed by atoms with E-state index in [1.807, 2.05) is 17.9 Å². The molecule has 0 saturated heterocycles. The van der Waals surface area contributed by atoms with Crippen molar-refractivity contribution in [2.75, 3.05) is 4.90 Å². The first kappa shape index (κ1) is 16.0. The fourth-order valence-electron chi connectivity index (χ4n) is 4.22. The minimum absolute atomic E-state index is 0.0666. The molecule has 0 aromatic heterocycles. The number of carbonyl (C=O) groups excluding carboxylic acids is 1. The summed E-state index contributed by atoms with van der Waals surface area (Å²) < 4.78 is 13.2. The van der Waals surface area contributed by atoms with E-state index in [1.165, 1.54) is 17.7 Å². The number of aryl methyl sites for hydroxylation is 1. The fraction of sp³-hybridized carbons (Fsp3) is 0.333. The second-order valence-electron chi connectivity index (χ2n) is 7.75. The second kappa shape index (κ2) is 5.25. The number of hydrogen-bond acceptors (Lipinski definition) is 2. The molecular weight excluding hydrogens is 315 g/mol. The van der Waals surface area contributed by atoms with Gasteiger partial charge in [0.1, 0.15) is 11.5 Å². The van der Waals surface area contributed by atoms with Gasteiger partial charge < -0.3 is 4.90 Å². The molecule has 0 radical (unpaired) electrons. The van der Waals surface area contributed by atoms with E-state index in [-0.39, 0.29) is 17.3 Å². The van der Waals surface area contributed by atoms with E-state index in [0.29, 0.717) is 17.3 Å². The Balaban J connectivity index is 1.95. The zero-order chi connectivity index (χ0) is 17.9. The largest absolute Gasteiger partial charge is 0.300 e. The van der Waals surface area contributed by atoms with Gasteiger partial charge in [-0.15, -0.1) is 0 Å². The number of carbonyl (C=O) groups is 1. The van der Waals surface area contributed by atoms with Gasteiger partial charge in [0.15, 0.2) is 0 Å². The van der Waals surface area contributed by atoms with E-state index in [4.69, 9.17) is 0 Å². The molecule has 2 heterocycles. The van der Waals surface area contributed by atoms with Crippen molar-refractivity contribution in [3.8, 4) is 0 Å². The highest BCUT2D eigenvalue weighted by molar-refractivity contribution is 6.55. The first-order valence-corrected chi connectivity index (χ1v) is 8.62. The van der Waals surface area contributed by atoms with Crippen LogP contribution in [0.5, 0.6) is 0 Å². The summed E-state index contributed by atoms with van der Waals surface area (Å²) in [5.74, 6) is 0.00989. The van der Waals surface area contributed by atoms with Crippen molar-refractivity contribution in [2.45, 2.75) is 45.6 Å². The third kappa shape index (κ3) is 2.39. The maximum absolute atomic E-state index is 13.2. The summed E-state index contributed by atoms with van der Waals surface area (Å²) in [7, 11) is 0. The van der Waals surface area contributed by atoms with E-state index >= 15 is 0 Å². The number of amides is 1. The van der Waals surface area contributed by atoms with Gasteiger partial charge in [-0.3, -0.25) is 4.79 Å². The number of hydrogen-bond donors (Lipinski definition) is 0. The van der Waals surface area contributed by atoms with E-state index in [1.54, 1.807) is 12.1 Å². The van der Waals surface area contributed by atoms with Crippen molar-refractivity contribution in [2.24, 2.45) is 4.99 Å². The molecule has 25 heavy (non-hydrogen) atoms. The predicted molar refractivity (Wildman–Crippen MR) is 98.4 cm³/mol. The van der Waals surface area contributed by atoms with Gasteiger partial charge in [0, 0.05) is 11.1 Å². The SMILES string of the molecule is Cc1cc2c3c(c1)[C@@H](C)CC(C)(C)N3C(=O)C2=Nc1ccc(F)cc1. The molecular formula is C21H21FN2O. The summed E-state index contributed by atoms with van der Waals surface area (Å²) in [5, 5.41) is 0. The second-order valence-corrected chi connectivity index (χ2v) is 7.75. The van der Waals surface area contributed by atoms with Gasteiger partial charge in [-0.1, -0.05) is 18.6 Å². The van der Waals surface area contributed by atoms with E-state index in [9.17, 15) is 9.18 Å². The lowest BCUT2D eigenvalue weighted by Gasteiger charge is -2.43. The summed E-state index contributed by atoms with van der Waals surface area (Å²) in [6.07, 6.45) is 0.915. The van der Waals surface area contributed by atoms with Crippen LogP contribution in [0, 0.1) is 12.7 Å². The van der Waals surface area contributed by atoms with Crippen LogP contribution in [0.1, 0.15) is 49.8 Å². The number of nitrogens with zero attached hydrogens (tertiary/aromatic N) is 2. The average Bonchev–Trinajstić information content (AvgIpc) is 2.80. The van der Waals surface area contributed by atoms with Crippen molar-refractivity contribution >= 4 is 23.0 Å². The highest BCUT2D eigenvalue weighted by atomic mass is 19.1. The number of halogens is 1. The first-order valence-electron chi connectivity index (χ1n) is 8.62. The van der Waals surface area contributed by atoms with Crippen molar-refractivity contribution in [3.63, 3.8) is 0 Å². The van der Waals surface area contributed by atoms with Gasteiger partial charge in [-0.25, -0.2) is 9.38 Å². The minimum atomic E-state index is -0.310. The number of anilines is 1. The van der Waals surface area contributed by atoms with Crippen LogP contribution in [0.2, 0.25) is 0 Å². The molecule has 4 heteroatoms. The number of aliphatic imine (C=N–C) groups is 1. The lowest BCUT2D eigenvalue weighted by molar-refractivity contribution is -0.113. The molecule has 128 valence electrons. The highest BCUT2D eigenvalue weighted by Gasteiger charge is 2.47. The summed E-state index contributed by atoms with van der Waals surface area (Å²) in [4.78, 5) is 19.7. The molecule has 2 aromatic rings. The Morgan fingerprint density at radius 2 is 1.88 bits per heavy atom. The van der Waals surface area contributed by atoms with Crippen LogP contribution in [0.4, 0.5) is 15.8 Å². The van der Waals surface area contributed by atoms with Crippen molar-refractivity contribution in [1.82, 2.24) is 0 Å². The van der Waals surface area contributed by atoms with Gasteiger partial charge in [0.25, 0.3) is 5.91 Å². The maximum Gasteiger partial charge on any atom is 0.278 e. The molecule has 0 unspecified atom stereocenters. The van der Waals surface area contributed by atoms with E-state index in [0.717, 1.165) is 23.2 Å². The van der Waals surface area contributed by atoms with Crippen LogP contribution in [-0.2, 0) is 4.79 Å². The van der Waals surface area contributed by atoms with Gasteiger partial charge >= 0.3 is 0 Å². The Kier molecular flexibility index (Phi) is 3.36. The van der Waals surface area contributed by atoms with Gasteiger partial charge in [0.05, 0.1) is 11.4 Å². The smallest absolute Gasteiger partial charge is 0.278 e. The maximum atomic E-state index is 13.2. The van der Waals surface area contributed by atoms with Crippen LogP contribution in [0.3, 0.4) is 0 Å². The molecule has 4 rings (SSSR count). The standard InChI is InChI=1S/C21H21FN2O/c1-12-9-16-13(2)11-21(3,4)24-19(16)17(10-12)18(20(24)25)23-15-7-5-14(22)6-8-15/h5-10,13H,11H2,1-4H3/t13-/m0/s1. The molecule has 2 aliphatic heterocycles. The van der Waals surface area contributed by atoms with Gasteiger partial charge in [0.2, 0.25) is 0 Å². The minimum Gasteiger partial charge on any atom is -0.300 e. The van der Waals surface area contributed by atoms with Gasteiger partial charge in [-0.05, 0) is 69.0 Å². The van der Waals surface area contributed by atoms with Crippen molar-refractivity contribution < 1.29 is 9.18 Å². The zero-order valence-electron chi connectivity index (χ0n) is 14.9. The van der Waals surface area contributed by atoms with Gasteiger partial charge in [-0.2, -0.15) is 0 Å². The molecule has 0 bridgehead atoms. The Labute approximate surface area is 147 Å². The summed E-state index contributed by atoms with van der Waals surface area (Å²) >= 11 is 0. The average molecular weight is 336 g/mol. The van der Waals surface area contributed by atoms with Crippen LogP contribution in [0.25, 0.3) is 0 Å². The molecule has 0 fully saturated rings. The Hall–Kier alpha value is -2.49. The molecule has 0 aliphatic carbocycles. The molecule has 2 aromatic carbocycles. The molecule has 2 aliphatic rings. The molecule has 1 amide bonds. The highest BCUT2D eigenvalue weighted by Crippen LogP contribution is 2.49. The normalized spacial score (nSPS) is 22.4. The van der Waals surface area contributed by atoms with Crippen LogP contribution in [0.15, 0.2) is 41.4 Å². The van der Waals surface area contributed by atoms with Crippen molar-refractivity contribution in [1.29, 1.82) is 0 Å². The van der Waals surface area contributed by atoms with E-state index in [2.05, 4.69) is 31.8 Å². The van der Waals surface area contributed by atoms with Crippen LogP contribution < -0.4 is 4.90 Å². The summed E-state index contributed by atoms with van der Waals surface area (Å²) in [5.41, 5.74) is 5.02. The molecule has 0 N–H and O–H groups in total. The number of benzene rings is 2. The first-order chi connectivity index (χ1) is 11.8. The molecule has 1 atom stereocenters. The predicted octanol–water partition coefficient (Wildman–Crippen LogP) is 4.89. The summed E-state index contributed by atoms with van der Waals surface area (Å²) in [6.45, 7) is 8.48. The molecule has 3 nitrogen and oxygen atoms in total. The quantitative estimate of drug-likeness (QED) is 0.730. The molecule has 0 spiro atoms. The lowest BCUT2D eigenvalue weighted by atomic mass is 9.80. The Morgan fingerprint density at radius 1 is 1.20 bits per heavy atom. The number of rotatable bonds is 1. The van der Waals surface area contributed by atoms with Crippen molar-refractivity contribution in [3.05, 3.63) is 58.9 Å². The van der Waals surface area contributed by atoms with Crippen LogP contribution in [-0.4, -0.2) is 17.2 Å². The Bertz CT molecular complexity index is 912. The monoisotopic (exact) mass is 336 g/mol. The third-order valence-electron chi connectivity index (χ3n) is 5.18. The Morgan fingerprint density at radius 3 is 2.56 bits per heavy atom. The lowest BCUT2D eigenvalue weighted by Crippen LogP contribution is -2.50. The zero-order valence-corrected chi connectivity index (χ0v) is 14.9.